The van der Waals surface area contributed by atoms with E-state index < -0.39 is 10.1 Å². The maximum absolute atomic E-state index is 11.6. The molecule has 0 amide bonds. The van der Waals surface area contributed by atoms with Crippen LogP contribution < -0.4 is 0 Å². The van der Waals surface area contributed by atoms with Crippen LogP contribution in [0.2, 0.25) is 0 Å². The molecule has 14 heavy (non-hydrogen) atoms. The molecule has 4 heteroatoms. The minimum Gasteiger partial charge on any atom is -0.267 e. The van der Waals surface area contributed by atoms with Crippen molar-refractivity contribution in [2.24, 2.45) is 0 Å². The topological polar surface area (TPSA) is 43.4 Å². The predicted octanol–water partition coefficient (Wildman–Crippen LogP) is 1.97. The average molecular weight is 214 g/mol. The van der Waals surface area contributed by atoms with Gasteiger partial charge in [0.1, 0.15) is 0 Å². The van der Waals surface area contributed by atoms with Crippen molar-refractivity contribution in [1.29, 1.82) is 0 Å². The molecule has 0 atom stereocenters. The lowest BCUT2D eigenvalue weighted by Gasteiger charge is -2.07. The maximum atomic E-state index is 11.6. The van der Waals surface area contributed by atoms with Gasteiger partial charge in [0.05, 0.1) is 11.5 Å². The monoisotopic (exact) mass is 214 g/mol. The highest BCUT2D eigenvalue weighted by Crippen LogP contribution is 2.17. The molecule has 78 valence electrons. The van der Waals surface area contributed by atoms with Gasteiger partial charge in [-0.3, -0.25) is 4.18 Å². The first kappa shape index (κ1) is 11.2. The van der Waals surface area contributed by atoms with Crippen molar-refractivity contribution in [3.63, 3.8) is 0 Å². The largest absolute Gasteiger partial charge is 0.297 e. The van der Waals surface area contributed by atoms with Crippen LogP contribution >= 0.6 is 0 Å². The Labute approximate surface area is 84.8 Å². The third kappa shape index (κ3) is 2.33. The van der Waals surface area contributed by atoms with Crippen LogP contribution in [-0.4, -0.2) is 15.0 Å². The molecule has 0 aliphatic carbocycles. The Morgan fingerprint density at radius 2 is 1.86 bits per heavy atom. The molecule has 0 spiro atoms. The van der Waals surface area contributed by atoms with Crippen LogP contribution in [0.25, 0.3) is 0 Å². The van der Waals surface area contributed by atoms with Crippen molar-refractivity contribution >= 4 is 10.1 Å². The standard InChI is InChI=1S/C10H14O3S/c1-3-9-7-5-6-8-10(9)14(11,12)13-4-2/h5-8H,3-4H2,1-2H3. The van der Waals surface area contributed by atoms with Gasteiger partial charge in [-0.15, -0.1) is 0 Å². The molecule has 1 aromatic rings. The fourth-order valence-corrected chi connectivity index (χ4v) is 2.47. The van der Waals surface area contributed by atoms with Gasteiger partial charge in [0, 0.05) is 0 Å². The molecule has 1 rings (SSSR count). The number of benzene rings is 1. The van der Waals surface area contributed by atoms with Gasteiger partial charge < -0.3 is 0 Å². The molecule has 0 bridgehead atoms. The van der Waals surface area contributed by atoms with Gasteiger partial charge >= 0.3 is 0 Å². The van der Waals surface area contributed by atoms with E-state index in [4.69, 9.17) is 4.18 Å². The van der Waals surface area contributed by atoms with Crippen molar-refractivity contribution < 1.29 is 12.6 Å². The second-order valence-electron chi connectivity index (χ2n) is 2.82. The number of hydrogen-bond acceptors (Lipinski definition) is 3. The van der Waals surface area contributed by atoms with Crippen molar-refractivity contribution in [1.82, 2.24) is 0 Å². The van der Waals surface area contributed by atoms with E-state index in [1.165, 1.54) is 0 Å². The van der Waals surface area contributed by atoms with Gasteiger partial charge in [0.25, 0.3) is 10.1 Å². The molecule has 0 saturated heterocycles. The van der Waals surface area contributed by atoms with E-state index in [2.05, 4.69) is 0 Å². The Morgan fingerprint density at radius 1 is 1.21 bits per heavy atom. The van der Waals surface area contributed by atoms with Crippen molar-refractivity contribution in [2.75, 3.05) is 6.61 Å². The van der Waals surface area contributed by atoms with Crippen LogP contribution in [0.4, 0.5) is 0 Å². The molecular weight excluding hydrogens is 200 g/mol. The summed E-state index contributed by atoms with van der Waals surface area (Å²) >= 11 is 0. The molecule has 0 aromatic heterocycles. The van der Waals surface area contributed by atoms with E-state index in [1.54, 1.807) is 25.1 Å². The van der Waals surface area contributed by atoms with Crippen LogP contribution in [0.5, 0.6) is 0 Å². The predicted molar refractivity (Wildman–Crippen MR) is 54.6 cm³/mol. The fraction of sp³-hybridized carbons (Fsp3) is 0.400. The Morgan fingerprint density at radius 3 is 2.43 bits per heavy atom. The van der Waals surface area contributed by atoms with Crippen LogP contribution in [0.1, 0.15) is 19.4 Å². The minimum absolute atomic E-state index is 0.167. The summed E-state index contributed by atoms with van der Waals surface area (Å²) in [5, 5.41) is 0. The Balaban J connectivity index is 3.18. The lowest BCUT2D eigenvalue weighted by atomic mass is 10.2. The van der Waals surface area contributed by atoms with Gasteiger partial charge in [0.2, 0.25) is 0 Å². The van der Waals surface area contributed by atoms with Gasteiger partial charge in [-0.05, 0) is 25.0 Å². The zero-order valence-corrected chi connectivity index (χ0v) is 9.17. The molecule has 0 aliphatic rings. The first-order chi connectivity index (χ1) is 6.61. The molecule has 0 unspecified atom stereocenters. The van der Waals surface area contributed by atoms with E-state index in [9.17, 15) is 8.42 Å². The molecule has 3 nitrogen and oxygen atoms in total. The smallest absolute Gasteiger partial charge is 0.267 e. The van der Waals surface area contributed by atoms with Crippen LogP contribution in [0.15, 0.2) is 29.2 Å². The molecular formula is C10H14O3S. The highest BCUT2D eigenvalue weighted by molar-refractivity contribution is 7.86. The van der Waals surface area contributed by atoms with Crippen LogP contribution in [-0.2, 0) is 20.7 Å². The van der Waals surface area contributed by atoms with Gasteiger partial charge in [-0.25, -0.2) is 0 Å². The first-order valence-corrected chi connectivity index (χ1v) is 6.00. The van der Waals surface area contributed by atoms with Crippen LogP contribution in [0, 0.1) is 0 Å². The first-order valence-electron chi connectivity index (χ1n) is 4.59. The summed E-state index contributed by atoms with van der Waals surface area (Å²) in [4.78, 5) is 0.282. The van der Waals surface area contributed by atoms with E-state index in [-0.39, 0.29) is 11.5 Å². The maximum Gasteiger partial charge on any atom is 0.297 e. The Hall–Kier alpha value is -0.870. The zero-order chi connectivity index (χ0) is 10.6. The van der Waals surface area contributed by atoms with E-state index in [0.717, 1.165) is 5.56 Å². The third-order valence-electron chi connectivity index (χ3n) is 1.90. The molecule has 0 radical (unpaired) electrons. The number of rotatable bonds is 4. The molecule has 0 saturated carbocycles. The summed E-state index contributed by atoms with van der Waals surface area (Å²) in [6.07, 6.45) is 0.683. The summed E-state index contributed by atoms with van der Waals surface area (Å²) in [6.45, 7) is 3.74. The van der Waals surface area contributed by atoms with Crippen LogP contribution in [0.3, 0.4) is 0 Å². The van der Waals surface area contributed by atoms with Gasteiger partial charge in [0.15, 0.2) is 0 Å². The highest BCUT2D eigenvalue weighted by atomic mass is 32.2. The lowest BCUT2D eigenvalue weighted by molar-refractivity contribution is 0.337. The van der Waals surface area contributed by atoms with Crippen molar-refractivity contribution in [3.05, 3.63) is 29.8 Å². The number of aryl methyl sites for hydroxylation is 1. The third-order valence-corrected chi connectivity index (χ3v) is 3.38. The SMILES string of the molecule is CCOS(=O)(=O)c1ccccc1CC. The van der Waals surface area contributed by atoms with Crippen molar-refractivity contribution in [2.45, 2.75) is 25.2 Å². The Kier molecular flexibility index (Phi) is 3.66. The van der Waals surface area contributed by atoms with Crippen molar-refractivity contribution in [3.8, 4) is 0 Å². The summed E-state index contributed by atoms with van der Waals surface area (Å²) in [6, 6.07) is 6.89. The summed E-state index contributed by atoms with van der Waals surface area (Å²) in [7, 11) is -3.55. The molecule has 0 aliphatic heterocycles. The second-order valence-corrected chi connectivity index (χ2v) is 4.41. The second kappa shape index (κ2) is 4.57. The molecule has 0 heterocycles. The Bertz CT molecular complexity index is 396. The molecule has 1 aromatic carbocycles. The quantitative estimate of drug-likeness (QED) is 0.720. The summed E-state index contributed by atoms with van der Waals surface area (Å²) in [5.41, 5.74) is 0.793. The fourth-order valence-electron chi connectivity index (χ4n) is 1.26. The lowest BCUT2D eigenvalue weighted by Crippen LogP contribution is -2.08. The minimum atomic E-state index is -3.55. The molecule has 0 fully saturated rings. The van der Waals surface area contributed by atoms with Gasteiger partial charge in [-0.2, -0.15) is 8.42 Å². The van der Waals surface area contributed by atoms with Gasteiger partial charge in [-0.1, -0.05) is 25.1 Å². The molecule has 0 N–H and O–H groups in total. The normalized spacial score (nSPS) is 11.6. The number of hydrogen-bond donors (Lipinski definition) is 0. The highest BCUT2D eigenvalue weighted by Gasteiger charge is 2.16. The zero-order valence-electron chi connectivity index (χ0n) is 8.36. The van der Waals surface area contributed by atoms with E-state index >= 15 is 0 Å². The van der Waals surface area contributed by atoms with E-state index in [0.29, 0.717) is 6.42 Å². The summed E-state index contributed by atoms with van der Waals surface area (Å²) in [5.74, 6) is 0. The average Bonchev–Trinajstić information content (AvgIpc) is 2.18. The van der Waals surface area contributed by atoms with E-state index in [1.807, 2.05) is 13.0 Å². The summed E-state index contributed by atoms with van der Waals surface area (Å²) < 4.78 is 27.9.